The third-order valence-corrected chi connectivity index (χ3v) is 7.47. The van der Waals surface area contributed by atoms with E-state index in [0.29, 0.717) is 37.5 Å². The van der Waals surface area contributed by atoms with Gasteiger partial charge in [0.1, 0.15) is 5.75 Å². The Labute approximate surface area is 181 Å². The van der Waals surface area contributed by atoms with Crippen molar-refractivity contribution >= 4 is 10.0 Å². The van der Waals surface area contributed by atoms with Crippen molar-refractivity contribution in [2.24, 2.45) is 0 Å². The van der Waals surface area contributed by atoms with Crippen LogP contribution in [-0.4, -0.2) is 57.3 Å². The van der Waals surface area contributed by atoms with Crippen LogP contribution in [0.1, 0.15) is 24.3 Å². The summed E-state index contributed by atoms with van der Waals surface area (Å²) in [4.78, 5) is 0.167. The van der Waals surface area contributed by atoms with Gasteiger partial charge in [-0.05, 0) is 37.1 Å². The van der Waals surface area contributed by atoms with Crippen LogP contribution in [-0.2, 0) is 20.2 Å². The largest absolute Gasteiger partial charge is 0.496 e. The van der Waals surface area contributed by atoms with Crippen molar-refractivity contribution in [3.63, 3.8) is 0 Å². The van der Waals surface area contributed by atoms with Crippen LogP contribution < -0.4 is 4.74 Å². The van der Waals surface area contributed by atoms with Crippen LogP contribution in [0.3, 0.4) is 0 Å². The Morgan fingerprint density at radius 1 is 1.03 bits per heavy atom. The van der Waals surface area contributed by atoms with E-state index in [0.717, 1.165) is 11.3 Å². The summed E-state index contributed by atoms with van der Waals surface area (Å²) in [6.45, 7) is 1.12. The highest BCUT2D eigenvalue weighted by Crippen LogP contribution is 2.45. The van der Waals surface area contributed by atoms with Gasteiger partial charge in [-0.15, -0.1) is 10.2 Å². The zero-order valence-corrected chi connectivity index (χ0v) is 18.6. The second-order valence-electron chi connectivity index (χ2n) is 7.62. The van der Waals surface area contributed by atoms with Crippen molar-refractivity contribution in [3.05, 3.63) is 60.0 Å². The summed E-state index contributed by atoms with van der Waals surface area (Å²) in [5, 5.41) is 8.63. The first-order valence-electron chi connectivity index (χ1n) is 9.97. The molecule has 0 radical (unpaired) electrons. The minimum Gasteiger partial charge on any atom is -0.496 e. The van der Waals surface area contributed by atoms with Gasteiger partial charge in [0.25, 0.3) is 0 Å². The molecular weight excluding hydrogens is 418 g/mol. The van der Waals surface area contributed by atoms with Crippen molar-refractivity contribution in [1.82, 2.24) is 14.5 Å². The van der Waals surface area contributed by atoms with E-state index < -0.39 is 15.4 Å². The van der Waals surface area contributed by atoms with Gasteiger partial charge >= 0.3 is 0 Å². The first kappa shape index (κ1) is 21.5. The lowest BCUT2D eigenvalue weighted by atomic mass is 9.73. The molecule has 4 rings (SSSR count). The lowest BCUT2D eigenvalue weighted by Crippen LogP contribution is -2.35. The maximum absolute atomic E-state index is 12.5. The van der Waals surface area contributed by atoms with Gasteiger partial charge in [0.2, 0.25) is 21.8 Å². The van der Waals surface area contributed by atoms with E-state index in [1.54, 1.807) is 31.4 Å². The van der Waals surface area contributed by atoms with E-state index in [9.17, 15) is 8.42 Å². The Bertz CT molecular complexity index is 1170. The molecule has 3 aromatic rings. The molecule has 0 N–H and O–H groups in total. The normalized spacial score (nSPS) is 16.4. The number of aromatic nitrogens is 2. The van der Waals surface area contributed by atoms with Gasteiger partial charge in [-0.3, -0.25) is 0 Å². The Balaban J connectivity index is 1.78. The van der Waals surface area contributed by atoms with Crippen molar-refractivity contribution in [2.75, 3.05) is 34.4 Å². The first-order chi connectivity index (χ1) is 14.9. The van der Waals surface area contributed by atoms with Gasteiger partial charge in [-0.1, -0.05) is 24.3 Å². The van der Waals surface area contributed by atoms with Crippen LogP contribution in [0.15, 0.2) is 57.8 Å². The third-order valence-electron chi connectivity index (χ3n) is 5.66. The number of ether oxygens (including phenoxy) is 2. The minimum atomic E-state index is -3.57. The van der Waals surface area contributed by atoms with Gasteiger partial charge in [0, 0.05) is 38.4 Å². The predicted octanol–water partition coefficient (Wildman–Crippen LogP) is 3.09. The van der Waals surface area contributed by atoms with Crippen LogP contribution in [0.5, 0.6) is 5.75 Å². The molecule has 8 nitrogen and oxygen atoms in total. The molecule has 1 aliphatic heterocycles. The topological polar surface area (TPSA) is 94.8 Å². The summed E-state index contributed by atoms with van der Waals surface area (Å²) in [6.07, 6.45) is 1.34. The molecule has 9 heteroatoms. The van der Waals surface area contributed by atoms with E-state index in [2.05, 4.69) is 10.2 Å². The number of para-hydroxylation sites is 1. The van der Waals surface area contributed by atoms with E-state index in [1.165, 1.54) is 18.4 Å². The molecular formula is C22H25N3O5S. The lowest BCUT2D eigenvalue weighted by molar-refractivity contribution is 0.0538. The van der Waals surface area contributed by atoms with E-state index in [4.69, 9.17) is 13.9 Å². The standard InChI is InChI=1S/C22H25N3O5S/c1-25(2)31(26,27)17-8-6-7-16(15-17)20-23-24-21(30-20)22(11-13-29-14-12-22)18-9-4-5-10-19(18)28-3/h4-10,15H,11-14H2,1-3H3. The summed E-state index contributed by atoms with van der Waals surface area (Å²) in [5.74, 6) is 1.49. The highest BCUT2D eigenvalue weighted by Gasteiger charge is 2.43. The van der Waals surface area contributed by atoms with Gasteiger partial charge in [0.15, 0.2) is 0 Å². The average Bonchev–Trinajstić information content (AvgIpc) is 3.30. The first-order valence-corrected chi connectivity index (χ1v) is 11.4. The predicted molar refractivity (Wildman–Crippen MR) is 114 cm³/mol. The van der Waals surface area contributed by atoms with E-state index in [-0.39, 0.29) is 10.8 Å². The number of benzene rings is 2. The molecule has 0 bridgehead atoms. The summed E-state index contributed by atoms with van der Waals surface area (Å²) >= 11 is 0. The molecule has 1 aromatic heterocycles. The second kappa shape index (κ2) is 8.41. The average molecular weight is 444 g/mol. The number of nitrogens with zero attached hydrogens (tertiary/aromatic N) is 3. The summed E-state index contributed by atoms with van der Waals surface area (Å²) in [5.41, 5.74) is 0.979. The van der Waals surface area contributed by atoms with Gasteiger partial charge in [-0.25, -0.2) is 12.7 Å². The van der Waals surface area contributed by atoms with Crippen LogP contribution in [0.4, 0.5) is 0 Å². The molecule has 0 spiro atoms. The van der Waals surface area contributed by atoms with E-state index >= 15 is 0 Å². The van der Waals surface area contributed by atoms with Crippen molar-refractivity contribution in [2.45, 2.75) is 23.2 Å². The second-order valence-corrected chi connectivity index (χ2v) is 9.77. The molecule has 0 aliphatic carbocycles. The molecule has 0 amide bonds. The van der Waals surface area contributed by atoms with Gasteiger partial charge in [0.05, 0.1) is 17.4 Å². The molecule has 31 heavy (non-hydrogen) atoms. The van der Waals surface area contributed by atoms with Crippen LogP contribution >= 0.6 is 0 Å². The SMILES string of the molecule is COc1ccccc1C1(c2nnc(-c3cccc(S(=O)(=O)N(C)C)c3)o2)CCOCC1. The zero-order chi connectivity index (χ0) is 22.1. The molecule has 1 saturated heterocycles. The summed E-state index contributed by atoms with van der Waals surface area (Å²) < 4.78 is 43.6. The molecule has 0 saturated carbocycles. The Morgan fingerprint density at radius 3 is 2.48 bits per heavy atom. The van der Waals surface area contributed by atoms with Crippen LogP contribution in [0.2, 0.25) is 0 Å². The fraction of sp³-hybridized carbons (Fsp3) is 0.364. The number of rotatable bonds is 6. The zero-order valence-electron chi connectivity index (χ0n) is 17.7. The molecule has 164 valence electrons. The summed E-state index contributed by atoms with van der Waals surface area (Å²) in [7, 11) is 1.06. The number of hydrogen-bond acceptors (Lipinski definition) is 7. The number of hydrogen-bond donors (Lipinski definition) is 0. The Hall–Kier alpha value is -2.75. The van der Waals surface area contributed by atoms with Crippen LogP contribution in [0, 0.1) is 0 Å². The van der Waals surface area contributed by atoms with E-state index in [1.807, 2.05) is 24.3 Å². The Kier molecular flexibility index (Phi) is 5.83. The third kappa shape index (κ3) is 3.84. The molecule has 2 heterocycles. The molecule has 0 atom stereocenters. The van der Waals surface area contributed by atoms with Crippen molar-refractivity contribution in [3.8, 4) is 17.2 Å². The molecule has 2 aromatic carbocycles. The number of sulfonamides is 1. The summed E-state index contributed by atoms with van der Waals surface area (Å²) in [6, 6.07) is 14.3. The van der Waals surface area contributed by atoms with Gasteiger partial charge < -0.3 is 13.9 Å². The monoisotopic (exact) mass is 443 g/mol. The van der Waals surface area contributed by atoms with Crippen molar-refractivity contribution < 1.29 is 22.3 Å². The molecule has 1 aliphatic rings. The fourth-order valence-electron chi connectivity index (χ4n) is 3.89. The Morgan fingerprint density at radius 2 is 1.77 bits per heavy atom. The lowest BCUT2D eigenvalue weighted by Gasteiger charge is -2.35. The maximum atomic E-state index is 12.5. The highest BCUT2D eigenvalue weighted by molar-refractivity contribution is 7.89. The molecule has 0 unspecified atom stereocenters. The minimum absolute atomic E-state index is 0.167. The van der Waals surface area contributed by atoms with Gasteiger partial charge in [-0.2, -0.15) is 0 Å². The van der Waals surface area contributed by atoms with Crippen LogP contribution in [0.25, 0.3) is 11.5 Å². The highest BCUT2D eigenvalue weighted by atomic mass is 32.2. The molecule has 1 fully saturated rings. The maximum Gasteiger partial charge on any atom is 0.247 e. The smallest absolute Gasteiger partial charge is 0.247 e. The number of methoxy groups -OCH3 is 1. The fourth-order valence-corrected chi connectivity index (χ4v) is 4.84. The van der Waals surface area contributed by atoms with Crippen molar-refractivity contribution in [1.29, 1.82) is 0 Å². The quantitative estimate of drug-likeness (QED) is 0.578.